The van der Waals surface area contributed by atoms with Crippen LogP contribution in [-0.2, 0) is 9.53 Å². The molecule has 1 unspecified atom stereocenters. The highest BCUT2D eigenvalue weighted by Gasteiger charge is 2.08. The summed E-state index contributed by atoms with van der Waals surface area (Å²) in [6.45, 7) is 4.30. The molecule has 3 nitrogen and oxygen atoms in total. The van der Waals surface area contributed by atoms with Crippen LogP contribution in [-0.4, -0.2) is 22.2 Å². The average molecular weight is 387 g/mol. The van der Waals surface area contributed by atoms with Crippen LogP contribution in [0.25, 0.3) is 0 Å². The zero-order chi connectivity index (χ0) is 19.5. The van der Waals surface area contributed by atoms with E-state index in [1.807, 2.05) is 6.92 Å². The number of rotatable bonds is 19. The minimum atomic E-state index is -0.824. The van der Waals surface area contributed by atoms with E-state index in [-0.39, 0.29) is 12.5 Å². The van der Waals surface area contributed by atoms with Crippen LogP contribution < -0.4 is 0 Å². The summed E-state index contributed by atoms with van der Waals surface area (Å²) < 4.78 is 5.58. The van der Waals surface area contributed by atoms with E-state index in [0.717, 1.165) is 6.42 Å². The van der Waals surface area contributed by atoms with Crippen molar-refractivity contribution in [2.24, 2.45) is 0 Å². The molecule has 0 aliphatic carbocycles. The Morgan fingerprint density at radius 1 is 0.808 bits per heavy atom. The molecule has 0 radical (unpaired) electrons. The SMILES string of the molecule is CCCCCCCCCCCCCCCCC(C)OC(=S)CCC(=O)O. The molecule has 4 heteroatoms. The van der Waals surface area contributed by atoms with E-state index in [1.54, 1.807) is 0 Å². The summed E-state index contributed by atoms with van der Waals surface area (Å²) in [7, 11) is 0. The van der Waals surface area contributed by atoms with Crippen LogP contribution in [0.3, 0.4) is 0 Å². The molecule has 1 atom stereocenters. The monoisotopic (exact) mass is 386 g/mol. The van der Waals surface area contributed by atoms with Crippen molar-refractivity contribution in [2.45, 2.75) is 129 Å². The Morgan fingerprint density at radius 2 is 1.23 bits per heavy atom. The highest BCUT2D eigenvalue weighted by Crippen LogP contribution is 2.14. The maximum Gasteiger partial charge on any atom is 0.303 e. The van der Waals surface area contributed by atoms with E-state index in [4.69, 9.17) is 22.1 Å². The van der Waals surface area contributed by atoms with Gasteiger partial charge >= 0.3 is 5.97 Å². The number of unbranched alkanes of at least 4 members (excludes halogenated alkanes) is 13. The molecule has 26 heavy (non-hydrogen) atoms. The van der Waals surface area contributed by atoms with E-state index in [0.29, 0.717) is 11.5 Å². The molecular formula is C22H42O3S. The predicted molar refractivity (Wildman–Crippen MR) is 115 cm³/mol. The van der Waals surface area contributed by atoms with Crippen LogP contribution in [0.4, 0.5) is 0 Å². The van der Waals surface area contributed by atoms with E-state index >= 15 is 0 Å². The summed E-state index contributed by atoms with van der Waals surface area (Å²) in [5, 5.41) is 9.06. The first kappa shape index (κ1) is 25.4. The summed E-state index contributed by atoms with van der Waals surface area (Å²) in [5.41, 5.74) is 0. The lowest BCUT2D eigenvalue weighted by atomic mass is 10.0. The van der Waals surface area contributed by atoms with Crippen molar-refractivity contribution in [3.63, 3.8) is 0 Å². The van der Waals surface area contributed by atoms with Crippen molar-refractivity contribution >= 4 is 23.2 Å². The molecule has 154 valence electrons. The summed E-state index contributed by atoms with van der Waals surface area (Å²) in [6, 6.07) is 0. The Balaban J connectivity index is 3.25. The number of thiocarbonyl (C=S) groups is 1. The number of carbonyl (C=O) groups is 1. The van der Waals surface area contributed by atoms with Crippen molar-refractivity contribution in [3.05, 3.63) is 0 Å². The number of carboxylic acids is 1. The minimum Gasteiger partial charge on any atom is -0.484 e. The second-order valence-electron chi connectivity index (χ2n) is 7.58. The molecule has 0 fully saturated rings. The molecule has 0 saturated carbocycles. The fourth-order valence-corrected chi connectivity index (χ4v) is 3.44. The molecule has 0 heterocycles. The maximum atomic E-state index is 10.5. The number of hydrogen-bond donors (Lipinski definition) is 1. The quantitative estimate of drug-likeness (QED) is 0.185. The molecule has 0 aromatic carbocycles. The molecule has 0 aromatic heterocycles. The first-order valence-electron chi connectivity index (χ1n) is 11.0. The Hall–Kier alpha value is -0.640. The topological polar surface area (TPSA) is 46.5 Å². The van der Waals surface area contributed by atoms with Crippen LogP contribution in [0.15, 0.2) is 0 Å². The molecule has 0 spiro atoms. The van der Waals surface area contributed by atoms with Gasteiger partial charge < -0.3 is 9.84 Å². The standard InChI is InChI=1S/C22H42O3S/c1-3-4-5-6-7-8-9-10-11-12-13-14-15-16-17-20(2)25-22(26)19-18-21(23)24/h20H,3-19H2,1-2H3,(H,23,24). The van der Waals surface area contributed by atoms with Crippen molar-refractivity contribution in [3.8, 4) is 0 Å². The Labute approximate surface area is 167 Å². The van der Waals surface area contributed by atoms with Crippen molar-refractivity contribution in [1.82, 2.24) is 0 Å². The summed E-state index contributed by atoms with van der Waals surface area (Å²) >= 11 is 5.07. The van der Waals surface area contributed by atoms with Gasteiger partial charge in [-0.15, -0.1) is 0 Å². The lowest BCUT2D eigenvalue weighted by molar-refractivity contribution is -0.136. The number of aliphatic carboxylic acids is 1. The average Bonchev–Trinajstić information content (AvgIpc) is 2.60. The van der Waals surface area contributed by atoms with Gasteiger partial charge in [-0.05, 0) is 32.0 Å². The molecule has 1 N–H and O–H groups in total. The van der Waals surface area contributed by atoms with E-state index < -0.39 is 5.97 Å². The molecule has 0 saturated heterocycles. The number of hydrogen-bond acceptors (Lipinski definition) is 3. The Kier molecular flexibility index (Phi) is 18.7. The van der Waals surface area contributed by atoms with E-state index in [2.05, 4.69) is 6.92 Å². The first-order valence-corrected chi connectivity index (χ1v) is 11.4. The second kappa shape index (κ2) is 19.1. The third-order valence-corrected chi connectivity index (χ3v) is 5.14. The van der Waals surface area contributed by atoms with Gasteiger partial charge in [0.1, 0.15) is 0 Å². The lowest BCUT2D eigenvalue weighted by Gasteiger charge is -2.14. The van der Waals surface area contributed by atoms with Gasteiger partial charge in [0.05, 0.1) is 12.5 Å². The number of carboxylic acid groups (broad SMARTS) is 1. The van der Waals surface area contributed by atoms with Crippen molar-refractivity contribution < 1.29 is 14.6 Å². The van der Waals surface area contributed by atoms with Gasteiger partial charge in [0.25, 0.3) is 0 Å². The fourth-order valence-electron chi connectivity index (χ4n) is 3.18. The van der Waals surface area contributed by atoms with Crippen LogP contribution in [0.1, 0.15) is 123 Å². The van der Waals surface area contributed by atoms with Crippen LogP contribution in [0, 0.1) is 0 Å². The highest BCUT2D eigenvalue weighted by atomic mass is 32.1. The van der Waals surface area contributed by atoms with Gasteiger partial charge in [0, 0.05) is 6.42 Å². The number of ether oxygens (including phenoxy) is 1. The molecule has 0 aromatic rings. The van der Waals surface area contributed by atoms with Crippen molar-refractivity contribution in [1.29, 1.82) is 0 Å². The Bertz CT molecular complexity index is 344. The zero-order valence-electron chi connectivity index (χ0n) is 17.3. The predicted octanol–water partition coefficient (Wildman–Crippen LogP) is 7.46. The summed E-state index contributed by atoms with van der Waals surface area (Å²) in [6.07, 6.45) is 20.7. The molecule has 0 aliphatic heterocycles. The smallest absolute Gasteiger partial charge is 0.303 e. The Morgan fingerprint density at radius 3 is 1.65 bits per heavy atom. The van der Waals surface area contributed by atoms with Crippen LogP contribution in [0.5, 0.6) is 0 Å². The summed E-state index contributed by atoms with van der Waals surface area (Å²) in [4.78, 5) is 10.5. The van der Waals surface area contributed by atoms with Crippen molar-refractivity contribution in [2.75, 3.05) is 0 Å². The van der Waals surface area contributed by atoms with Gasteiger partial charge in [-0.25, -0.2) is 0 Å². The van der Waals surface area contributed by atoms with Gasteiger partial charge in [-0.3, -0.25) is 4.79 Å². The van der Waals surface area contributed by atoms with E-state index in [9.17, 15) is 4.79 Å². The van der Waals surface area contributed by atoms with Gasteiger partial charge in [-0.2, -0.15) is 0 Å². The zero-order valence-corrected chi connectivity index (χ0v) is 18.1. The first-order chi connectivity index (χ1) is 12.6. The second-order valence-corrected chi connectivity index (χ2v) is 8.03. The largest absolute Gasteiger partial charge is 0.484 e. The third kappa shape index (κ3) is 19.7. The van der Waals surface area contributed by atoms with Gasteiger partial charge in [0.15, 0.2) is 5.05 Å². The fraction of sp³-hybridized carbons (Fsp3) is 0.909. The third-order valence-electron chi connectivity index (χ3n) is 4.84. The van der Waals surface area contributed by atoms with Crippen LogP contribution in [0.2, 0.25) is 0 Å². The van der Waals surface area contributed by atoms with E-state index in [1.165, 1.54) is 89.9 Å². The molecule has 0 aliphatic rings. The molecule has 0 bridgehead atoms. The summed E-state index contributed by atoms with van der Waals surface area (Å²) in [5.74, 6) is -0.824. The maximum absolute atomic E-state index is 10.5. The van der Waals surface area contributed by atoms with Crippen LogP contribution >= 0.6 is 12.2 Å². The lowest BCUT2D eigenvalue weighted by Crippen LogP contribution is -2.14. The van der Waals surface area contributed by atoms with Gasteiger partial charge in [0.2, 0.25) is 0 Å². The minimum absolute atomic E-state index is 0.0599. The molecular weight excluding hydrogens is 344 g/mol. The highest BCUT2D eigenvalue weighted by molar-refractivity contribution is 7.80. The molecule has 0 rings (SSSR count). The normalized spacial score (nSPS) is 12.1. The molecule has 0 amide bonds. The van der Waals surface area contributed by atoms with Gasteiger partial charge in [-0.1, -0.05) is 90.4 Å².